The highest BCUT2D eigenvalue weighted by molar-refractivity contribution is 6.04. The highest BCUT2D eigenvalue weighted by atomic mass is 19.4. The number of carbonyl (C=O) groups is 2. The molecule has 0 saturated carbocycles. The summed E-state index contributed by atoms with van der Waals surface area (Å²) in [5.74, 6) is -3.31. The lowest BCUT2D eigenvalue weighted by molar-refractivity contribution is -0.192. The molecule has 2 saturated heterocycles. The van der Waals surface area contributed by atoms with Crippen molar-refractivity contribution in [2.45, 2.75) is 57.5 Å². The van der Waals surface area contributed by atoms with Crippen molar-refractivity contribution in [1.82, 2.24) is 4.90 Å². The number of carboxylic acid groups (broad SMARTS) is 1. The fraction of sp³-hybridized carbons (Fsp3) is 0.462. The summed E-state index contributed by atoms with van der Waals surface area (Å²) < 4.78 is 70.5. The molecule has 2 aromatic carbocycles. The van der Waals surface area contributed by atoms with Gasteiger partial charge in [-0.3, -0.25) is 9.69 Å². The minimum atomic E-state index is -5.08. The average molecular weight is 546 g/mol. The van der Waals surface area contributed by atoms with Crippen LogP contribution in [0.1, 0.15) is 47.7 Å². The van der Waals surface area contributed by atoms with Crippen LogP contribution in [0.25, 0.3) is 0 Å². The maximum Gasteiger partial charge on any atom is 0.490 e. The Hall–Kier alpha value is -3.28. The third kappa shape index (κ3) is 7.40. The van der Waals surface area contributed by atoms with E-state index in [4.69, 9.17) is 9.90 Å². The molecule has 208 valence electrons. The van der Waals surface area contributed by atoms with Gasteiger partial charge in [0.15, 0.2) is 0 Å². The van der Waals surface area contributed by atoms with E-state index in [1.54, 1.807) is 0 Å². The Balaban J connectivity index is 0.000000505. The lowest BCUT2D eigenvalue weighted by atomic mass is 10.1. The number of carbonyl (C=O) groups excluding carboxylic acids is 1. The first-order chi connectivity index (χ1) is 17.7. The first-order valence-electron chi connectivity index (χ1n) is 12.1. The summed E-state index contributed by atoms with van der Waals surface area (Å²) >= 11 is 0. The number of halogens is 6. The number of likely N-dealkylation sites (tertiary alicyclic amines) is 1. The van der Waals surface area contributed by atoms with Gasteiger partial charge in [0, 0.05) is 42.1 Å². The number of aryl methyl sites for hydroxylation is 1. The average Bonchev–Trinajstić information content (AvgIpc) is 3.48. The quantitative estimate of drug-likeness (QED) is 0.464. The Labute approximate surface area is 216 Å². The number of hydrogen-bond donors (Lipinski definition) is 2. The molecule has 1 amide bonds. The summed E-state index contributed by atoms with van der Waals surface area (Å²) in [6.07, 6.45) is -5.86. The van der Waals surface area contributed by atoms with Gasteiger partial charge >= 0.3 is 18.3 Å². The number of nitrogens with one attached hydrogen (secondary N) is 1. The van der Waals surface area contributed by atoms with Crippen LogP contribution in [0.5, 0.6) is 0 Å². The Kier molecular flexibility index (Phi) is 8.96. The van der Waals surface area contributed by atoms with Crippen LogP contribution in [0, 0.1) is 6.92 Å². The molecule has 2 atom stereocenters. The van der Waals surface area contributed by atoms with Gasteiger partial charge in [0.05, 0.1) is 5.56 Å². The van der Waals surface area contributed by atoms with Crippen LogP contribution in [-0.4, -0.2) is 59.8 Å². The van der Waals surface area contributed by atoms with Crippen molar-refractivity contribution in [2.75, 3.05) is 29.9 Å². The second-order valence-corrected chi connectivity index (χ2v) is 9.45. The van der Waals surface area contributed by atoms with Gasteiger partial charge in [-0.25, -0.2) is 4.79 Å². The molecular formula is C26H29F6N3O3. The molecule has 12 heteroatoms. The summed E-state index contributed by atoms with van der Waals surface area (Å²) in [6.45, 7) is 7.39. The number of benzene rings is 2. The van der Waals surface area contributed by atoms with Gasteiger partial charge in [-0.1, -0.05) is 6.07 Å². The molecular weight excluding hydrogens is 516 g/mol. The summed E-state index contributed by atoms with van der Waals surface area (Å²) in [5, 5.41) is 9.87. The maximum absolute atomic E-state index is 12.9. The van der Waals surface area contributed by atoms with E-state index in [0.29, 0.717) is 17.8 Å². The SMILES string of the molecule is Cc1cc(N2CCC(N3CCCC3C)C2)ccc1NC(=O)c1cccc(C(F)(F)F)c1.O=C(O)C(F)(F)F. The van der Waals surface area contributed by atoms with Gasteiger partial charge in [-0.05, 0) is 81.6 Å². The molecule has 2 aromatic rings. The second kappa shape index (κ2) is 11.6. The van der Waals surface area contributed by atoms with Crippen LogP contribution in [0.2, 0.25) is 0 Å². The van der Waals surface area contributed by atoms with E-state index < -0.39 is 29.8 Å². The van der Waals surface area contributed by atoms with Gasteiger partial charge in [0.25, 0.3) is 5.91 Å². The fourth-order valence-electron chi connectivity index (χ4n) is 4.76. The van der Waals surface area contributed by atoms with Crippen LogP contribution in [0.4, 0.5) is 37.7 Å². The highest BCUT2D eigenvalue weighted by Gasteiger charge is 2.38. The van der Waals surface area contributed by atoms with E-state index >= 15 is 0 Å². The minimum Gasteiger partial charge on any atom is -0.475 e. The number of alkyl halides is 6. The molecule has 0 bridgehead atoms. The predicted molar refractivity (Wildman–Crippen MR) is 130 cm³/mol. The van der Waals surface area contributed by atoms with Crippen molar-refractivity contribution in [3.05, 3.63) is 59.2 Å². The minimum absolute atomic E-state index is 0.0135. The standard InChI is InChI=1S/C24H28F3N3O.C2HF3O2/c1-16-13-20(29-12-10-21(15-29)30-11-4-5-17(30)2)8-9-22(16)28-23(31)18-6-3-7-19(14-18)24(25,26)27;3-2(4,5)1(6)7/h3,6-9,13-14,17,21H,4-5,10-12,15H2,1-2H3,(H,28,31);(H,6,7). The number of anilines is 2. The highest BCUT2D eigenvalue weighted by Crippen LogP contribution is 2.31. The molecule has 2 fully saturated rings. The van der Waals surface area contributed by atoms with E-state index in [0.717, 1.165) is 42.9 Å². The van der Waals surface area contributed by atoms with E-state index in [2.05, 4.69) is 22.0 Å². The van der Waals surface area contributed by atoms with E-state index in [9.17, 15) is 31.1 Å². The normalized spacial score (nSPS) is 20.2. The van der Waals surface area contributed by atoms with Gasteiger partial charge in [0.2, 0.25) is 0 Å². The smallest absolute Gasteiger partial charge is 0.475 e. The van der Waals surface area contributed by atoms with Crippen molar-refractivity contribution < 1.29 is 41.0 Å². The molecule has 2 aliphatic rings. The van der Waals surface area contributed by atoms with E-state index in [1.165, 1.54) is 31.5 Å². The monoisotopic (exact) mass is 545 g/mol. The third-order valence-corrected chi connectivity index (χ3v) is 6.75. The molecule has 0 aliphatic carbocycles. The predicted octanol–water partition coefficient (Wildman–Crippen LogP) is 5.96. The van der Waals surface area contributed by atoms with Gasteiger partial charge in [0.1, 0.15) is 0 Å². The maximum atomic E-state index is 12.9. The summed E-state index contributed by atoms with van der Waals surface area (Å²) in [5.41, 5.74) is 1.76. The molecule has 38 heavy (non-hydrogen) atoms. The van der Waals surface area contributed by atoms with Crippen molar-refractivity contribution in [3.63, 3.8) is 0 Å². The first kappa shape index (κ1) is 29.3. The van der Waals surface area contributed by atoms with Crippen LogP contribution >= 0.6 is 0 Å². The van der Waals surface area contributed by atoms with Crippen molar-refractivity contribution in [3.8, 4) is 0 Å². The Morgan fingerprint density at radius 1 is 1.00 bits per heavy atom. The number of aliphatic carboxylic acids is 1. The van der Waals surface area contributed by atoms with Gasteiger partial charge in [-0.15, -0.1) is 0 Å². The van der Waals surface area contributed by atoms with E-state index in [-0.39, 0.29) is 5.56 Å². The number of amides is 1. The molecule has 2 unspecified atom stereocenters. The number of carboxylic acids is 1. The summed E-state index contributed by atoms with van der Waals surface area (Å²) in [7, 11) is 0. The van der Waals surface area contributed by atoms with E-state index in [1.807, 2.05) is 25.1 Å². The number of nitrogens with zero attached hydrogens (tertiary/aromatic N) is 2. The summed E-state index contributed by atoms with van der Waals surface area (Å²) in [4.78, 5) is 26.4. The third-order valence-electron chi connectivity index (χ3n) is 6.75. The molecule has 0 radical (unpaired) electrons. The number of rotatable bonds is 4. The lowest BCUT2D eigenvalue weighted by Crippen LogP contribution is -2.39. The van der Waals surface area contributed by atoms with Crippen molar-refractivity contribution in [1.29, 1.82) is 0 Å². The molecule has 6 nitrogen and oxygen atoms in total. The van der Waals surface area contributed by atoms with Crippen molar-refractivity contribution in [2.24, 2.45) is 0 Å². The molecule has 2 heterocycles. The Morgan fingerprint density at radius 2 is 1.68 bits per heavy atom. The number of hydrogen-bond acceptors (Lipinski definition) is 4. The Morgan fingerprint density at radius 3 is 2.24 bits per heavy atom. The first-order valence-corrected chi connectivity index (χ1v) is 12.1. The van der Waals surface area contributed by atoms with Crippen molar-refractivity contribution >= 4 is 23.3 Å². The Bertz CT molecular complexity index is 1150. The molecule has 0 aromatic heterocycles. The van der Waals surface area contributed by atoms with Crippen LogP contribution in [0.3, 0.4) is 0 Å². The van der Waals surface area contributed by atoms with Gasteiger partial charge in [-0.2, -0.15) is 26.3 Å². The largest absolute Gasteiger partial charge is 0.490 e. The molecule has 4 rings (SSSR count). The second-order valence-electron chi connectivity index (χ2n) is 9.45. The zero-order chi connectivity index (χ0) is 28.3. The van der Waals surface area contributed by atoms with Crippen LogP contribution < -0.4 is 10.2 Å². The lowest BCUT2D eigenvalue weighted by Gasteiger charge is -2.28. The van der Waals surface area contributed by atoms with Gasteiger partial charge < -0.3 is 15.3 Å². The topological polar surface area (TPSA) is 72.9 Å². The molecule has 2 N–H and O–H groups in total. The van der Waals surface area contributed by atoms with Crippen LogP contribution in [-0.2, 0) is 11.0 Å². The zero-order valence-electron chi connectivity index (χ0n) is 20.9. The summed E-state index contributed by atoms with van der Waals surface area (Å²) in [6, 6.07) is 11.6. The zero-order valence-corrected chi connectivity index (χ0v) is 20.9. The fourth-order valence-corrected chi connectivity index (χ4v) is 4.76. The molecule has 2 aliphatic heterocycles. The van der Waals surface area contributed by atoms with Crippen LogP contribution in [0.15, 0.2) is 42.5 Å². The molecule has 0 spiro atoms.